The molecule has 1 amide bonds. The van der Waals surface area contributed by atoms with Gasteiger partial charge < -0.3 is 20.3 Å². The van der Waals surface area contributed by atoms with E-state index >= 15 is 0 Å². The maximum atomic E-state index is 12.5. The topological polar surface area (TPSA) is 66.5 Å². The summed E-state index contributed by atoms with van der Waals surface area (Å²) in [5, 5.41) is 9.98. The van der Waals surface area contributed by atoms with Crippen LogP contribution in [-0.2, 0) is 0 Å². The molecule has 0 atom stereocenters. The maximum Gasteiger partial charge on any atom is 0.412 e. The van der Waals surface area contributed by atoms with Crippen LogP contribution in [-0.4, -0.2) is 37.3 Å². The van der Waals surface area contributed by atoms with Crippen molar-refractivity contribution in [3.8, 4) is 5.75 Å². The minimum Gasteiger partial charge on any atom is -0.410 e. The average molecular weight is 455 g/mol. The second-order valence-electron chi connectivity index (χ2n) is 9.17. The van der Waals surface area contributed by atoms with Gasteiger partial charge in [-0.05, 0) is 54.7 Å². The van der Waals surface area contributed by atoms with Gasteiger partial charge in [-0.1, -0.05) is 48.5 Å². The highest BCUT2D eigenvalue weighted by molar-refractivity contribution is 5.93. The zero-order valence-electron chi connectivity index (χ0n) is 19.6. The number of hydrogen-bond donors (Lipinski definition) is 2. The number of pyridine rings is 1. The van der Waals surface area contributed by atoms with Crippen molar-refractivity contribution < 1.29 is 9.53 Å². The summed E-state index contributed by atoms with van der Waals surface area (Å²) in [5.41, 5.74) is 2.14. The van der Waals surface area contributed by atoms with Crippen LogP contribution < -0.4 is 20.3 Å². The van der Waals surface area contributed by atoms with E-state index in [1.807, 2.05) is 54.6 Å². The van der Waals surface area contributed by atoms with Crippen LogP contribution in [0.3, 0.4) is 0 Å². The summed E-state index contributed by atoms with van der Waals surface area (Å²) in [6.07, 6.45) is 3.34. The number of hydrogen-bond acceptors (Lipinski definition) is 5. The van der Waals surface area contributed by atoms with Gasteiger partial charge in [0.25, 0.3) is 0 Å². The van der Waals surface area contributed by atoms with Crippen LogP contribution in [0.2, 0.25) is 0 Å². The van der Waals surface area contributed by atoms with Crippen LogP contribution >= 0.6 is 0 Å². The molecule has 2 N–H and O–H groups in total. The summed E-state index contributed by atoms with van der Waals surface area (Å²) in [4.78, 5) is 19.4. The molecule has 1 heterocycles. The Labute approximate surface area is 199 Å². The van der Waals surface area contributed by atoms with Crippen LogP contribution in [0.1, 0.15) is 25.7 Å². The normalized spacial score (nSPS) is 17.9. The Balaban J connectivity index is 1.16. The first-order valence-corrected chi connectivity index (χ1v) is 11.9. The molecule has 1 aliphatic rings. The number of aromatic nitrogens is 1. The van der Waals surface area contributed by atoms with Crippen molar-refractivity contribution in [2.75, 3.05) is 24.3 Å². The molecule has 0 aliphatic heterocycles. The van der Waals surface area contributed by atoms with Crippen molar-refractivity contribution in [2.45, 2.75) is 37.8 Å². The van der Waals surface area contributed by atoms with Crippen LogP contribution in [0.5, 0.6) is 5.75 Å². The number of fused-ring (bicyclic) bond motifs is 2. The first-order valence-electron chi connectivity index (χ1n) is 11.9. The van der Waals surface area contributed by atoms with Crippen LogP contribution in [0.4, 0.5) is 16.3 Å². The summed E-state index contributed by atoms with van der Waals surface area (Å²) in [6, 6.07) is 24.5. The SMILES string of the molecule is CN(C)c1cc(NC2CCC(NC(=O)Oc3ccc4ccccc4c3)CC2)nc2ccccc12. The number of para-hydroxylation sites is 1. The molecular formula is C28H30N4O2. The van der Waals surface area contributed by atoms with E-state index in [0.29, 0.717) is 11.8 Å². The van der Waals surface area contributed by atoms with Gasteiger partial charge >= 0.3 is 6.09 Å². The molecule has 6 nitrogen and oxygen atoms in total. The number of nitrogens with zero attached hydrogens (tertiary/aromatic N) is 2. The zero-order valence-corrected chi connectivity index (χ0v) is 19.6. The highest BCUT2D eigenvalue weighted by Gasteiger charge is 2.23. The molecule has 0 bridgehead atoms. The van der Waals surface area contributed by atoms with Gasteiger partial charge in [0.1, 0.15) is 11.6 Å². The molecule has 0 spiro atoms. The summed E-state index contributed by atoms with van der Waals surface area (Å²) < 4.78 is 5.54. The van der Waals surface area contributed by atoms with Gasteiger partial charge in [0.05, 0.1) is 5.52 Å². The van der Waals surface area contributed by atoms with Crippen LogP contribution in [0.25, 0.3) is 21.7 Å². The molecule has 174 valence electrons. The highest BCUT2D eigenvalue weighted by Crippen LogP contribution is 2.29. The van der Waals surface area contributed by atoms with Gasteiger partial charge in [-0.15, -0.1) is 0 Å². The number of ether oxygens (including phenoxy) is 1. The smallest absolute Gasteiger partial charge is 0.410 e. The second kappa shape index (κ2) is 9.59. The molecule has 0 radical (unpaired) electrons. The van der Waals surface area contributed by atoms with E-state index in [2.05, 4.69) is 47.8 Å². The van der Waals surface area contributed by atoms with E-state index in [1.165, 1.54) is 0 Å². The van der Waals surface area contributed by atoms with E-state index < -0.39 is 6.09 Å². The molecule has 4 aromatic rings. The predicted octanol–water partition coefficient (Wildman–Crippen LogP) is 5.97. The Morgan fingerprint density at radius 1 is 0.882 bits per heavy atom. The fraction of sp³-hybridized carbons (Fsp3) is 0.286. The van der Waals surface area contributed by atoms with E-state index in [-0.39, 0.29) is 6.04 Å². The monoisotopic (exact) mass is 454 g/mol. The number of nitrogens with one attached hydrogen (secondary N) is 2. The lowest BCUT2D eigenvalue weighted by molar-refractivity contribution is 0.191. The molecule has 5 rings (SSSR count). The van der Waals surface area contributed by atoms with Gasteiger partial charge in [-0.2, -0.15) is 0 Å². The molecule has 34 heavy (non-hydrogen) atoms. The Kier molecular flexibility index (Phi) is 6.21. The van der Waals surface area contributed by atoms with Crippen molar-refractivity contribution in [3.63, 3.8) is 0 Å². The van der Waals surface area contributed by atoms with Crippen molar-refractivity contribution >= 4 is 39.3 Å². The molecule has 1 saturated carbocycles. The molecule has 1 fully saturated rings. The number of anilines is 2. The largest absolute Gasteiger partial charge is 0.412 e. The minimum atomic E-state index is -0.390. The zero-order chi connectivity index (χ0) is 23.5. The Bertz CT molecular complexity index is 1310. The minimum absolute atomic E-state index is 0.118. The van der Waals surface area contributed by atoms with E-state index in [0.717, 1.165) is 58.9 Å². The van der Waals surface area contributed by atoms with Gasteiger partial charge in [0, 0.05) is 43.3 Å². The Morgan fingerprint density at radius 2 is 1.59 bits per heavy atom. The number of carbonyl (C=O) groups excluding carboxylic acids is 1. The van der Waals surface area contributed by atoms with E-state index in [9.17, 15) is 4.79 Å². The Hall–Kier alpha value is -3.80. The third-order valence-electron chi connectivity index (χ3n) is 6.51. The lowest BCUT2D eigenvalue weighted by Crippen LogP contribution is -2.41. The van der Waals surface area contributed by atoms with Gasteiger partial charge in [-0.3, -0.25) is 0 Å². The fourth-order valence-electron chi connectivity index (χ4n) is 4.73. The number of amides is 1. The lowest BCUT2D eigenvalue weighted by Gasteiger charge is -2.30. The molecule has 6 heteroatoms. The lowest BCUT2D eigenvalue weighted by atomic mass is 9.91. The summed E-state index contributed by atoms with van der Waals surface area (Å²) in [6.45, 7) is 0. The number of benzene rings is 3. The fourth-order valence-corrected chi connectivity index (χ4v) is 4.73. The summed E-state index contributed by atoms with van der Waals surface area (Å²) in [5.74, 6) is 1.46. The first-order chi connectivity index (χ1) is 16.5. The second-order valence-corrected chi connectivity index (χ2v) is 9.17. The predicted molar refractivity (Wildman–Crippen MR) is 139 cm³/mol. The first kappa shape index (κ1) is 22.0. The van der Waals surface area contributed by atoms with E-state index in [4.69, 9.17) is 9.72 Å². The molecule has 0 saturated heterocycles. The van der Waals surface area contributed by atoms with Crippen LogP contribution in [0.15, 0.2) is 72.8 Å². The third-order valence-corrected chi connectivity index (χ3v) is 6.51. The quantitative estimate of drug-likeness (QED) is 0.389. The molecule has 3 aromatic carbocycles. The van der Waals surface area contributed by atoms with Crippen LogP contribution in [0, 0.1) is 0 Å². The summed E-state index contributed by atoms with van der Waals surface area (Å²) >= 11 is 0. The van der Waals surface area contributed by atoms with Crippen molar-refractivity contribution in [2.24, 2.45) is 0 Å². The van der Waals surface area contributed by atoms with Crippen molar-refractivity contribution in [1.82, 2.24) is 10.3 Å². The molecule has 1 aromatic heterocycles. The van der Waals surface area contributed by atoms with Crippen molar-refractivity contribution in [3.05, 3.63) is 72.8 Å². The maximum absolute atomic E-state index is 12.5. The summed E-state index contributed by atoms with van der Waals surface area (Å²) in [7, 11) is 4.11. The number of rotatable bonds is 5. The van der Waals surface area contributed by atoms with Gasteiger partial charge in [-0.25, -0.2) is 9.78 Å². The number of carbonyl (C=O) groups is 1. The Morgan fingerprint density at radius 3 is 2.38 bits per heavy atom. The molecular weight excluding hydrogens is 424 g/mol. The molecule has 0 unspecified atom stereocenters. The van der Waals surface area contributed by atoms with Gasteiger partial charge in [0.2, 0.25) is 0 Å². The molecule has 1 aliphatic carbocycles. The van der Waals surface area contributed by atoms with Gasteiger partial charge in [0.15, 0.2) is 0 Å². The highest BCUT2D eigenvalue weighted by atomic mass is 16.6. The standard InChI is InChI=1S/C28H30N4O2/c1-32(2)26-18-27(31-25-10-6-5-9-24(25)26)29-21-12-14-22(15-13-21)30-28(33)34-23-16-11-19-7-3-4-8-20(19)17-23/h3-11,16-18,21-22H,12-15H2,1-2H3,(H,29,31)(H,30,33). The third kappa shape index (κ3) is 4.91. The van der Waals surface area contributed by atoms with Crippen molar-refractivity contribution in [1.29, 1.82) is 0 Å². The average Bonchev–Trinajstić information content (AvgIpc) is 2.84. The van der Waals surface area contributed by atoms with E-state index in [1.54, 1.807) is 0 Å².